The van der Waals surface area contributed by atoms with E-state index in [1.807, 2.05) is 16.8 Å². The normalized spacial score (nSPS) is 19.6. The van der Waals surface area contributed by atoms with Gasteiger partial charge in [-0.15, -0.1) is 24.0 Å². The molecule has 1 fully saturated rings. The number of methoxy groups -OCH3 is 1. The average Bonchev–Trinajstić information content (AvgIpc) is 3.40. The van der Waals surface area contributed by atoms with Crippen molar-refractivity contribution in [3.8, 4) is 0 Å². The Morgan fingerprint density at radius 3 is 2.77 bits per heavy atom. The van der Waals surface area contributed by atoms with Gasteiger partial charge in [-0.05, 0) is 43.9 Å². The maximum Gasteiger partial charge on any atom is 0.191 e. The van der Waals surface area contributed by atoms with Crippen molar-refractivity contribution in [3.05, 3.63) is 47.3 Å². The number of rotatable bonds is 7. The van der Waals surface area contributed by atoms with E-state index in [0.717, 1.165) is 56.4 Å². The summed E-state index contributed by atoms with van der Waals surface area (Å²) in [6, 6.07) is 7.11. The third-order valence-electron chi connectivity index (χ3n) is 5.71. The van der Waals surface area contributed by atoms with Gasteiger partial charge in [0.25, 0.3) is 0 Å². The van der Waals surface area contributed by atoms with Crippen LogP contribution in [0.1, 0.15) is 43.4 Å². The number of hydrogen-bond donors (Lipinski definition) is 2. The summed E-state index contributed by atoms with van der Waals surface area (Å²) in [5.74, 6) is 2.39. The topological polar surface area (TPSA) is 76.4 Å². The van der Waals surface area contributed by atoms with Gasteiger partial charge in [-0.2, -0.15) is 5.10 Å². The molecule has 1 unspecified atom stereocenters. The molecule has 4 rings (SSSR count). The molecule has 1 aromatic carbocycles. The number of benzene rings is 1. The van der Waals surface area contributed by atoms with E-state index in [0.29, 0.717) is 13.2 Å². The maximum atomic E-state index is 13.3. The third kappa shape index (κ3) is 5.29. The second kappa shape index (κ2) is 10.0. The van der Waals surface area contributed by atoms with Crippen molar-refractivity contribution in [2.24, 2.45) is 4.99 Å². The molecule has 1 aliphatic heterocycles. The van der Waals surface area contributed by atoms with E-state index in [-0.39, 0.29) is 41.3 Å². The Labute approximate surface area is 193 Å². The molecule has 2 N–H and O–H groups in total. The minimum atomic E-state index is -0.193. The van der Waals surface area contributed by atoms with Gasteiger partial charge in [-0.25, -0.2) is 14.1 Å². The zero-order valence-corrected chi connectivity index (χ0v) is 19.9. The molecule has 9 heteroatoms. The summed E-state index contributed by atoms with van der Waals surface area (Å²) in [6.45, 7) is 4.77. The van der Waals surface area contributed by atoms with E-state index in [2.05, 4.69) is 27.6 Å². The number of ether oxygens (including phenoxy) is 1. The Kier molecular flexibility index (Phi) is 7.67. The van der Waals surface area contributed by atoms with Gasteiger partial charge in [-0.3, -0.25) is 4.99 Å². The van der Waals surface area contributed by atoms with Gasteiger partial charge in [0.15, 0.2) is 11.8 Å². The first-order valence-electron chi connectivity index (χ1n) is 10.3. The van der Waals surface area contributed by atoms with Gasteiger partial charge in [0.1, 0.15) is 18.2 Å². The van der Waals surface area contributed by atoms with Crippen molar-refractivity contribution < 1.29 is 9.13 Å². The smallest absolute Gasteiger partial charge is 0.191 e. The first-order valence-corrected chi connectivity index (χ1v) is 10.3. The molecule has 30 heavy (non-hydrogen) atoms. The standard InChI is InChI=1S/C21H29FN6O.HI/c1-3-23-20(24-14-21(10-11-21)15-4-6-16(22)7-5-15)25-17-8-9-19-26-18(13-29-2)27-28(19)12-17;/h4-7,17H,3,8-14H2,1-2H3,(H2,23,24,25);1H. The zero-order valence-electron chi connectivity index (χ0n) is 17.5. The van der Waals surface area contributed by atoms with Crippen LogP contribution >= 0.6 is 24.0 Å². The lowest BCUT2D eigenvalue weighted by atomic mass is 9.96. The number of aryl methyl sites for hydroxylation is 1. The average molecular weight is 528 g/mol. The highest BCUT2D eigenvalue weighted by atomic mass is 127. The molecule has 0 radical (unpaired) electrons. The number of nitrogens with one attached hydrogen (secondary N) is 2. The quantitative estimate of drug-likeness (QED) is 0.329. The SMILES string of the molecule is CCNC(=NCC1(c2ccc(F)cc2)CC1)NC1CCc2nc(COC)nn2C1.I. The highest BCUT2D eigenvalue weighted by Gasteiger charge is 2.44. The number of fused-ring (bicyclic) bond motifs is 1. The van der Waals surface area contributed by atoms with Crippen LogP contribution in [0.4, 0.5) is 4.39 Å². The lowest BCUT2D eigenvalue weighted by Crippen LogP contribution is -2.47. The third-order valence-corrected chi connectivity index (χ3v) is 5.71. The van der Waals surface area contributed by atoms with Gasteiger partial charge in [0.05, 0.1) is 13.1 Å². The van der Waals surface area contributed by atoms with E-state index in [4.69, 9.17) is 9.73 Å². The molecular weight excluding hydrogens is 498 g/mol. The predicted molar refractivity (Wildman–Crippen MR) is 125 cm³/mol. The van der Waals surface area contributed by atoms with Crippen molar-refractivity contribution in [3.63, 3.8) is 0 Å². The van der Waals surface area contributed by atoms with Crippen molar-refractivity contribution in [1.29, 1.82) is 0 Å². The fourth-order valence-corrected chi connectivity index (χ4v) is 3.90. The van der Waals surface area contributed by atoms with Crippen LogP contribution in [-0.2, 0) is 29.7 Å². The number of nitrogens with zero attached hydrogens (tertiary/aromatic N) is 4. The molecule has 1 aliphatic carbocycles. The summed E-state index contributed by atoms with van der Waals surface area (Å²) in [7, 11) is 1.65. The fraction of sp³-hybridized carbons (Fsp3) is 0.571. The Hall–Kier alpha value is -1.75. The van der Waals surface area contributed by atoms with Gasteiger partial charge in [0.2, 0.25) is 0 Å². The van der Waals surface area contributed by atoms with E-state index in [1.54, 1.807) is 7.11 Å². The number of hydrogen-bond acceptors (Lipinski definition) is 4. The lowest BCUT2D eigenvalue weighted by Gasteiger charge is -2.25. The number of aromatic nitrogens is 3. The van der Waals surface area contributed by atoms with Gasteiger partial charge < -0.3 is 15.4 Å². The van der Waals surface area contributed by atoms with Crippen molar-refractivity contribution >= 4 is 29.9 Å². The van der Waals surface area contributed by atoms with Crippen molar-refractivity contribution in [1.82, 2.24) is 25.4 Å². The summed E-state index contributed by atoms with van der Waals surface area (Å²) in [4.78, 5) is 9.40. The van der Waals surface area contributed by atoms with Crippen LogP contribution in [0, 0.1) is 5.82 Å². The molecule has 0 amide bonds. The zero-order chi connectivity index (χ0) is 20.3. The minimum absolute atomic E-state index is 0. The number of aliphatic imine (C=N–C) groups is 1. The van der Waals surface area contributed by atoms with Crippen LogP contribution in [0.3, 0.4) is 0 Å². The van der Waals surface area contributed by atoms with Crippen LogP contribution < -0.4 is 10.6 Å². The molecule has 2 aromatic rings. The highest BCUT2D eigenvalue weighted by Crippen LogP contribution is 2.48. The first kappa shape index (κ1) is 22.9. The van der Waals surface area contributed by atoms with Crippen molar-refractivity contribution in [2.75, 3.05) is 20.2 Å². The summed E-state index contributed by atoms with van der Waals surface area (Å²) in [5.41, 5.74) is 1.23. The van der Waals surface area contributed by atoms with E-state index >= 15 is 0 Å². The Bertz CT molecular complexity index is 865. The minimum Gasteiger partial charge on any atom is -0.377 e. The first-order chi connectivity index (χ1) is 14.1. The summed E-state index contributed by atoms with van der Waals surface area (Å²) < 4.78 is 20.4. The molecule has 2 aliphatic rings. The molecule has 2 heterocycles. The van der Waals surface area contributed by atoms with E-state index < -0.39 is 0 Å². The molecule has 164 valence electrons. The molecule has 7 nitrogen and oxygen atoms in total. The number of guanidine groups is 1. The summed E-state index contributed by atoms with van der Waals surface area (Å²) in [6.07, 6.45) is 4.05. The molecule has 0 bridgehead atoms. The molecule has 1 atom stereocenters. The fourth-order valence-electron chi connectivity index (χ4n) is 3.90. The van der Waals surface area contributed by atoms with Crippen LogP contribution in [0.15, 0.2) is 29.3 Å². The number of halogens is 2. The second-order valence-electron chi connectivity index (χ2n) is 7.92. The van der Waals surface area contributed by atoms with Gasteiger partial charge in [0, 0.05) is 31.5 Å². The largest absolute Gasteiger partial charge is 0.377 e. The Morgan fingerprint density at radius 1 is 1.33 bits per heavy atom. The van der Waals surface area contributed by atoms with Crippen LogP contribution in [0.25, 0.3) is 0 Å². The van der Waals surface area contributed by atoms with E-state index in [1.165, 1.54) is 17.7 Å². The van der Waals surface area contributed by atoms with Crippen LogP contribution in [-0.4, -0.2) is 47.0 Å². The molecule has 0 spiro atoms. The lowest BCUT2D eigenvalue weighted by molar-refractivity contribution is 0.177. The molecular formula is C21H30FIN6O. The van der Waals surface area contributed by atoms with Crippen molar-refractivity contribution in [2.45, 2.75) is 57.2 Å². The van der Waals surface area contributed by atoms with Crippen LogP contribution in [0.5, 0.6) is 0 Å². The highest BCUT2D eigenvalue weighted by molar-refractivity contribution is 14.0. The van der Waals surface area contributed by atoms with E-state index in [9.17, 15) is 4.39 Å². The molecule has 0 saturated heterocycles. The predicted octanol–water partition coefficient (Wildman–Crippen LogP) is 2.78. The summed E-state index contributed by atoms with van der Waals surface area (Å²) >= 11 is 0. The summed E-state index contributed by atoms with van der Waals surface area (Å²) in [5, 5.41) is 11.4. The Balaban J connectivity index is 0.00000256. The maximum absolute atomic E-state index is 13.3. The monoisotopic (exact) mass is 528 g/mol. The Morgan fingerprint density at radius 2 is 2.10 bits per heavy atom. The van der Waals surface area contributed by atoms with Gasteiger partial charge >= 0.3 is 0 Å². The second-order valence-corrected chi connectivity index (χ2v) is 7.92. The molecule has 1 aromatic heterocycles. The molecule has 1 saturated carbocycles. The van der Waals surface area contributed by atoms with Gasteiger partial charge in [-0.1, -0.05) is 12.1 Å². The van der Waals surface area contributed by atoms with Crippen LogP contribution in [0.2, 0.25) is 0 Å².